The molecule has 2 atom stereocenters. The molecule has 0 bridgehead atoms. The number of fused-ring (bicyclic) bond motifs is 1. The van der Waals surface area contributed by atoms with Crippen LogP contribution in [0.4, 0.5) is 0 Å². The van der Waals surface area contributed by atoms with Crippen molar-refractivity contribution in [2.24, 2.45) is 0 Å². The quantitative estimate of drug-likeness (QED) is 0.918. The fourth-order valence-corrected chi connectivity index (χ4v) is 3.38. The minimum absolute atomic E-state index is 0.379. The summed E-state index contributed by atoms with van der Waals surface area (Å²) < 4.78 is 8.24. The predicted octanol–water partition coefficient (Wildman–Crippen LogP) is 2.85. The first kappa shape index (κ1) is 13.3. The molecule has 0 radical (unpaired) electrons. The molecule has 1 saturated carbocycles. The molecule has 2 fully saturated rings. The summed E-state index contributed by atoms with van der Waals surface area (Å²) in [6.45, 7) is 4.85. The highest BCUT2D eigenvalue weighted by atomic mass is 16.5. The van der Waals surface area contributed by atoms with E-state index in [1.165, 1.54) is 24.2 Å². The van der Waals surface area contributed by atoms with E-state index in [4.69, 9.17) is 9.72 Å². The molecule has 0 spiro atoms. The van der Waals surface area contributed by atoms with Gasteiger partial charge < -0.3 is 14.6 Å². The van der Waals surface area contributed by atoms with E-state index in [-0.39, 0.29) is 0 Å². The van der Waals surface area contributed by atoms with E-state index in [2.05, 4.69) is 41.1 Å². The highest BCUT2D eigenvalue weighted by Gasteiger charge is 2.36. The van der Waals surface area contributed by atoms with Crippen LogP contribution in [0.3, 0.4) is 0 Å². The van der Waals surface area contributed by atoms with E-state index in [0.717, 1.165) is 31.7 Å². The lowest BCUT2D eigenvalue weighted by atomic mass is 10.0. The number of benzene rings is 1. The largest absolute Gasteiger partial charge is 0.379 e. The summed E-state index contributed by atoms with van der Waals surface area (Å²) in [5, 5.41) is 3.63. The van der Waals surface area contributed by atoms with Crippen LogP contribution in [0.25, 0.3) is 11.0 Å². The third kappa shape index (κ3) is 2.36. The molecule has 4 rings (SSSR count). The lowest BCUT2D eigenvalue weighted by molar-refractivity contribution is 0.187. The molecule has 1 aromatic carbocycles. The minimum Gasteiger partial charge on any atom is -0.379 e. The standard InChI is InChI=1S/C17H23N3O/c1-2-9-18-15-11-21-10-13(15)17-19-14-5-3-4-6-16(14)20(17)12-7-8-12/h3-6,12-13,15,18H,2,7-11H2,1H3. The van der Waals surface area contributed by atoms with E-state index in [1.54, 1.807) is 0 Å². The molecule has 4 nitrogen and oxygen atoms in total. The van der Waals surface area contributed by atoms with Crippen molar-refractivity contribution >= 4 is 11.0 Å². The Morgan fingerprint density at radius 1 is 1.29 bits per heavy atom. The summed E-state index contributed by atoms with van der Waals surface area (Å²) in [5.74, 6) is 1.61. The second-order valence-electron chi connectivity index (χ2n) is 6.26. The summed E-state index contributed by atoms with van der Waals surface area (Å²) in [5.41, 5.74) is 2.41. The van der Waals surface area contributed by atoms with Crippen LogP contribution in [0.1, 0.15) is 44.0 Å². The Balaban J connectivity index is 1.73. The van der Waals surface area contributed by atoms with Gasteiger partial charge in [-0.2, -0.15) is 0 Å². The molecular weight excluding hydrogens is 262 g/mol. The van der Waals surface area contributed by atoms with Crippen molar-refractivity contribution in [1.82, 2.24) is 14.9 Å². The van der Waals surface area contributed by atoms with Gasteiger partial charge in [0, 0.05) is 12.1 Å². The van der Waals surface area contributed by atoms with Crippen molar-refractivity contribution < 1.29 is 4.74 Å². The van der Waals surface area contributed by atoms with E-state index < -0.39 is 0 Å². The number of aromatic nitrogens is 2. The molecule has 2 unspecified atom stereocenters. The van der Waals surface area contributed by atoms with Gasteiger partial charge in [0.05, 0.1) is 30.2 Å². The Morgan fingerprint density at radius 2 is 2.14 bits per heavy atom. The average Bonchev–Trinajstić information content (AvgIpc) is 3.12. The second-order valence-corrected chi connectivity index (χ2v) is 6.26. The van der Waals surface area contributed by atoms with Gasteiger partial charge in [-0.15, -0.1) is 0 Å². The number of hydrogen-bond donors (Lipinski definition) is 1. The maximum absolute atomic E-state index is 5.76. The molecule has 1 aliphatic carbocycles. The monoisotopic (exact) mass is 285 g/mol. The van der Waals surface area contributed by atoms with E-state index in [9.17, 15) is 0 Å². The molecule has 2 aliphatic rings. The zero-order valence-electron chi connectivity index (χ0n) is 12.6. The van der Waals surface area contributed by atoms with Crippen molar-refractivity contribution in [1.29, 1.82) is 0 Å². The van der Waals surface area contributed by atoms with Crippen molar-refractivity contribution in [2.45, 2.75) is 44.2 Å². The highest BCUT2D eigenvalue weighted by Crippen LogP contribution is 2.41. The maximum Gasteiger partial charge on any atom is 0.117 e. The first-order chi connectivity index (χ1) is 10.4. The molecule has 112 valence electrons. The lowest BCUT2D eigenvalue weighted by Crippen LogP contribution is -2.35. The molecule has 1 aromatic heterocycles. The number of nitrogens with one attached hydrogen (secondary N) is 1. The zero-order valence-corrected chi connectivity index (χ0v) is 12.6. The van der Waals surface area contributed by atoms with Gasteiger partial charge in [0.2, 0.25) is 0 Å². The first-order valence-corrected chi connectivity index (χ1v) is 8.16. The summed E-state index contributed by atoms with van der Waals surface area (Å²) in [4.78, 5) is 4.96. The molecule has 0 amide bonds. The molecule has 21 heavy (non-hydrogen) atoms. The van der Waals surface area contributed by atoms with Crippen molar-refractivity contribution in [3.8, 4) is 0 Å². The van der Waals surface area contributed by atoms with E-state index >= 15 is 0 Å². The predicted molar refractivity (Wildman–Crippen MR) is 83.6 cm³/mol. The van der Waals surface area contributed by atoms with Crippen molar-refractivity contribution in [3.63, 3.8) is 0 Å². The Bertz CT molecular complexity index is 632. The summed E-state index contributed by atoms with van der Waals surface area (Å²) >= 11 is 0. The zero-order chi connectivity index (χ0) is 14.2. The normalized spacial score (nSPS) is 25.8. The Kier molecular flexibility index (Phi) is 3.43. The van der Waals surface area contributed by atoms with E-state index in [1.807, 2.05) is 0 Å². The molecule has 1 N–H and O–H groups in total. The fourth-order valence-electron chi connectivity index (χ4n) is 3.38. The molecule has 1 aliphatic heterocycles. The van der Waals surface area contributed by atoms with Crippen LogP contribution >= 0.6 is 0 Å². The smallest absolute Gasteiger partial charge is 0.117 e. The third-order valence-corrected chi connectivity index (χ3v) is 4.60. The van der Waals surface area contributed by atoms with Gasteiger partial charge >= 0.3 is 0 Å². The SMILES string of the molecule is CCCNC1COCC1c1nc2ccccc2n1C1CC1. The highest BCUT2D eigenvalue weighted by molar-refractivity contribution is 5.76. The number of nitrogens with zero attached hydrogens (tertiary/aromatic N) is 2. The molecular formula is C17H23N3O. The molecule has 4 heteroatoms. The van der Waals surface area contributed by atoms with Gasteiger partial charge in [-0.3, -0.25) is 0 Å². The maximum atomic E-state index is 5.76. The average molecular weight is 285 g/mol. The van der Waals surface area contributed by atoms with Crippen LogP contribution in [0.5, 0.6) is 0 Å². The summed E-state index contributed by atoms with van der Waals surface area (Å²) in [6.07, 6.45) is 3.73. The number of para-hydroxylation sites is 2. The number of rotatable bonds is 5. The molecule has 2 heterocycles. The Hall–Kier alpha value is -1.39. The summed E-state index contributed by atoms with van der Waals surface area (Å²) in [7, 11) is 0. The van der Waals surface area contributed by atoms with Crippen molar-refractivity contribution in [3.05, 3.63) is 30.1 Å². The Morgan fingerprint density at radius 3 is 2.95 bits per heavy atom. The second kappa shape index (κ2) is 5.43. The summed E-state index contributed by atoms with van der Waals surface area (Å²) in [6, 6.07) is 9.58. The lowest BCUT2D eigenvalue weighted by Gasteiger charge is -2.20. The molecule has 2 aromatic rings. The number of imidazole rings is 1. The minimum atomic E-state index is 0.379. The number of hydrogen-bond acceptors (Lipinski definition) is 3. The van der Waals surface area contributed by atoms with Crippen LogP contribution < -0.4 is 5.32 Å². The van der Waals surface area contributed by atoms with Crippen LogP contribution in [-0.2, 0) is 4.74 Å². The van der Waals surface area contributed by atoms with Gasteiger partial charge in [0.15, 0.2) is 0 Å². The Labute approximate surface area is 125 Å². The van der Waals surface area contributed by atoms with Gasteiger partial charge in [0.25, 0.3) is 0 Å². The van der Waals surface area contributed by atoms with Crippen LogP contribution in [0, 0.1) is 0 Å². The van der Waals surface area contributed by atoms with Gasteiger partial charge in [0.1, 0.15) is 5.82 Å². The van der Waals surface area contributed by atoms with Gasteiger partial charge in [-0.05, 0) is 37.9 Å². The van der Waals surface area contributed by atoms with Crippen LogP contribution in [-0.4, -0.2) is 35.4 Å². The van der Waals surface area contributed by atoms with Gasteiger partial charge in [-0.25, -0.2) is 4.98 Å². The topological polar surface area (TPSA) is 39.1 Å². The number of ether oxygens (including phenoxy) is 1. The molecule has 1 saturated heterocycles. The van der Waals surface area contributed by atoms with Gasteiger partial charge in [-0.1, -0.05) is 19.1 Å². The van der Waals surface area contributed by atoms with Crippen molar-refractivity contribution in [2.75, 3.05) is 19.8 Å². The van der Waals surface area contributed by atoms with Crippen LogP contribution in [0.15, 0.2) is 24.3 Å². The first-order valence-electron chi connectivity index (χ1n) is 8.16. The van der Waals surface area contributed by atoms with E-state index in [0.29, 0.717) is 18.0 Å². The third-order valence-electron chi connectivity index (χ3n) is 4.60. The fraction of sp³-hybridized carbons (Fsp3) is 0.588. The van der Waals surface area contributed by atoms with Crippen LogP contribution in [0.2, 0.25) is 0 Å².